The maximum absolute atomic E-state index is 12.1. The number of rotatable bonds is 3. The third-order valence-electron chi connectivity index (χ3n) is 2.69. The lowest BCUT2D eigenvalue weighted by molar-refractivity contribution is -0.274. The van der Waals surface area contributed by atoms with Crippen molar-refractivity contribution in [2.45, 2.75) is 18.6 Å². The first-order chi connectivity index (χ1) is 9.56. The molecule has 1 aromatic carbocycles. The number of ether oxygens (including phenoxy) is 2. The summed E-state index contributed by atoms with van der Waals surface area (Å²) in [5, 5.41) is 9.57. The minimum absolute atomic E-state index is 0.00679. The number of hydrogen-bond acceptors (Lipinski definition) is 5. The second-order valence-corrected chi connectivity index (χ2v) is 7.45. The first kappa shape index (κ1) is 16.4. The summed E-state index contributed by atoms with van der Waals surface area (Å²) in [6.07, 6.45) is -6.93. The summed E-state index contributed by atoms with van der Waals surface area (Å²) in [6, 6.07) is 3.44. The largest absolute Gasteiger partial charge is 0.573 e. The SMILES string of the molecule is O=S1(=O)CC(O)C(Oc2ccc(OC(F)(F)F)c(Br)c2)C1. The van der Waals surface area contributed by atoms with Crippen LogP contribution in [0.1, 0.15) is 0 Å². The van der Waals surface area contributed by atoms with Gasteiger partial charge in [-0.2, -0.15) is 0 Å². The van der Waals surface area contributed by atoms with Crippen molar-refractivity contribution in [2.75, 3.05) is 11.5 Å². The van der Waals surface area contributed by atoms with Gasteiger partial charge in [-0.1, -0.05) is 0 Å². The average molecular weight is 391 g/mol. The molecule has 0 bridgehead atoms. The lowest BCUT2D eigenvalue weighted by Crippen LogP contribution is -2.29. The van der Waals surface area contributed by atoms with Crippen molar-refractivity contribution in [1.82, 2.24) is 0 Å². The molecule has 118 valence electrons. The van der Waals surface area contributed by atoms with Crippen molar-refractivity contribution in [3.63, 3.8) is 0 Å². The van der Waals surface area contributed by atoms with Gasteiger partial charge in [-0.15, -0.1) is 13.2 Å². The maximum atomic E-state index is 12.1. The summed E-state index contributed by atoms with van der Waals surface area (Å²) < 4.78 is 68.0. The number of aliphatic hydroxyl groups excluding tert-OH is 1. The molecule has 2 rings (SSSR count). The Labute approximate surface area is 126 Å². The lowest BCUT2D eigenvalue weighted by Gasteiger charge is -2.17. The molecule has 0 spiro atoms. The van der Waals surface area contributed by atoms with E-state index < -0.39 is 39.9 Å². The monoisotopic (exact) mass is 390 g/mol. The van der Waals surface area contributed by atoms with E-state index in [0.717, 1.165) is 6.07 Å². The van der Waals surface area contributed by atoms with E-state index in [1.54, 1.807) is 0 Å². The summed E-state index contributed by atoms with van der Waals surface area (Å²) in [7, 11) is -3.37. The third kappa shape index (κ3) is 4.48. The van der Waals surface area contributed by atoms with Crippen molar-refractivity contribution in [1.29, 1.82) is 0 Å². The lowest BCUT2D eigenvalue weighted by atomic mass is 10.2. The molecule has 0 aliphatic carbocycles. The highest BCUT2D eigenvalue weighted by molar-refractivity contribution is 9.10. The van der Waals surface area contributed by atoms with Crippen LogP contribution in [-0.4, -0.2) is 43.6 Å². The molecule has 10 heteroatoms. The average Bonchev–Trinajstić information content (AvgIpc) is 2.54. The van der Waals surface area contributed by atoms with Crippen molar-refractivity contribution in [2.24, 2.45) is 0 Å². The summed E-state index contributed by atoms with van der Waals surface area (Å²) >= 11 is 2.90. The Hall–Kier alpha value is -1.00. The molecule has 0 amide bonds. The predicted octanol–water partition coefficient (Wildman–Crippen LogP) is 1.88. The van der Waals surface area contributed by atoms with E-state index in [2.05, 4.69) is 20.7 Å². The van der Waals surface area contributed by atoms with E-state index in [4.69, 9.17) is 4.74 Å². The van der Waals surface area contributed by atoms with E-state index >= 15 is 0 Å². The minimum Gasteiger partial charge on any atom is -0.487 e. The molecule has 0 aromatic heterocycles. The first-order valence-electron chi connectivity index (χ1n) is 5.66. The van der Waals surface area contributed by atoms with Gasteiger partial charge in [0, 0.05) is 0 Å². The van der Waals surface area contributed by atoms with Crippen molar-refractivity contribution in [3.8, 4) is 11.5 Å². The topological polar surface area (TPSA) is 72.8 Å². The molecule has 5 nitrogen and oxygen atoms in total. The van der Waals surface area contributed by atoms with Crippen LogP contribution in [0.25, 0.3) is 0 Å². The molecule has 1 aromatic rings. The molecule has 21 heavy (non-hydrogen) atoms. The van der Waals surface area contributed by atoms with E-state index in [-0.39, 0.29) is 16.0 Å². The van der Waals surface area contributed by atoms with Gasteiger partial charge < -0.3 is 14.6 Å². The summed E-state index contributed by atoms with van der Waals surface area (Å²) in [5.74, 6) is -1.06. The maximum Gasteiger partial charge on any atom is 0.573 e. The minimum atomic E-state index is -4.82. The summed E-state index contributed by atoms with van der Waals surface area (Å²) in [5.41, 5.74) is 0. The standard InChI is InChI=1S/C11H10BrF3O5S/c12-7-3-6(1-2-9(7)20-11(13,14)15)19-10-5-21(17,18)4-8(10)16/h1-3,8,10,16H,4-5H2. The molecule has 0 radical (unpaired) electrons. The van der Waals surface area contributed by atoms with Crippen molar-refractivity contribution >= 4 is 25.8 Å². The van der Waals surface area contributed by atoms with E-state index in [1.165, 1.54) is 12.1 Å². The highest BCUT2D eigenvalue weighted by Gasteiger charge is 2.38. The second kappa shape index (κ2) is 5.65. The number of hydrogen-bond donors (Lipinski definition) is 1. The third-order valence-corrected chi connectivity index (χ3v) is 4.99. The zero-order valence-corrected chi connectivity index (χ0v) is 12.7. The van der Waals surface area contributed by atoms with Crippen LogP contribution in [0.4, 0.5) is 13.2 Å². The summed E-state index contributed by atoms with van der Waals surface area (Å²) in [6.45, 7) is 0. The summed E-state index contributed by atoms with van der Waals surface area (Å²) in [4.78, 5) is 0. The highest BCUT2D eigenvalue weighted by Crippen LogP contribution is 2.34. The molecule has 2 atom stereocenters. The Bertz CT molecular complexity index is 631. The van der Waals surface area contributed by atoms with Gasteiger partial charge in [-0.25, -0.2) is 8.42 Å². The Morgan fingerprint density at radius 2 is 1.95 bits per heavy atom. The van der Waals surface area contributed by atoms with Crippen LogP contribution in [0.15, 0.2) is 22.7 Å². The van der Waals surface area contributed by atoms with E-state index in [1.807, 2.05) is 0 Å². The molecule has 2 unspecified atom stereocenters. The van der Waals surface area contributed by atoms with Gasteiger partial charge in [-0.05, 0) is 34.1 Å². The van der Waals surface area contributed by atoms with Gasteiger partial charge in [0.05, 0.1) is 16.0 Å². The van der Waals surface area contributed by atoms with E-state index in [0.29, 0.717) is 0 Å². The zero-order chi connectivity index (χ0) is 15.8. The first-order valence-corrected chi connectivity index (χ1v) is 8.28. The van der Waals surface area contributed by atoms with Gasteiger partial charge in [0.2, 0.25) is 0 Å². The molecule has 1 fully saturated rings. The number of benzene rings is 1. The highest BCUT2D eigenvalue weighted by atomic mass is 79.9. The van der Waals surface area contributed by atoms with Crippen LogP contribution >= 0.6 is 15.9 Å². The Kier molecular flexibility index (Phi) is 4.41. The van der Waals surface area contributed by atoms with Crippen molar-refractivity contribution < 1.29 is 36.2 Å². The molecule has 1 heterocycles. The van der Waals surface area contributed by atoms with Crippen LogP contribution in [0, 0.1) is 0 Å². The number of sulfone groups is 1. The normalized spacial score (nSPS) is 24.8. The molecule has 1 N–H and O–H groups in total. The fourth-order valence-electron chi connectivity index (χ4n) is 1.85. The Balaban J connectivity index is 2.11. The smallest absolute Gasteiger partial charge is 0.487 e. The van der Waals surface area contributed by atoms with E-state index in [9.17, 15) is 26.7 Å². The number of alkyl halides is 3. The fraction of sp³-hybridized carbons (Fsp3) is 0.455. The molecule has 1 saturated heterocycles. The number of halogens is 4. The number of aliphatic hydroxyl groups is 1. The molecule has 0 saturated carbocycles. The van der Waals surface area contributed by atoms with Crippen LogP contribution in [-0.2, 0) is 9.84 Å². The van der Waals surface area contributed by atoms with Crippen molar-refractivity contribution in [3.05, 3.63) is 22.7 Å². The van der Waals surface area contributed by atoms with Gasteiger partial charge >= 0.3 is 6.36 Å². The molecule has 1 aliphatic heterocycles. The molecular weight excluding hydrogens is 381 g/mol. The van der Waals surface area contributed by atoms with Gasteiger partial charge in [0.25, 0.3) is 0 Å². The van der Waals surface area contributed by atoms with Gasteiger partial charge in [-0.3, -0.25) is 0 Å². The van der Waals surface area contributed by atoms with Crippen LogP contribution in [0.5, 0.6) is 11.5 Å². The van der Waals surface area contributed by atoms with Gasteiger partial charge in [0.1, 0.15) is 23.7 Å². The zero-order valence-electron chi connectivity index (χ0n) is 10.3. The van der Waals surface area contributed by atoms with Crippen LogP contribution in [0.2, 0.25) is 0 Å². The van der Waals surface area contributed by atoms with Crippen LogP contribution in [0.3, 0.4) is 0 Å². The second-order valence-electron chi connectivity index (χ2n) is 4.44. The molecule has 1 aliphatic rings. The van der Waals surface area contributed by atoms with Gasteiger partial charge in [0.15, 0.2) is 9.84 Å². The Morgan fingerprint density at radius 3 is 2.43 bits per heavy atom. The quantitative estimate of drug-likeness (QED) is 0.852. The molecular formula is C11H10BrF3O5S. The Morgan fingerprint density at radius 1 is 1.29 bits per heavy atom. The predicted molar refractivity (Wildman–Crippen MR) is 69.9 cm³/mol. The fourth-order valence-corrected chi connectivity index (χ4v) is 3.95. The van der Waals surface area contributed by atoms with Crippen LogP contribution < -0.4 is 9.47 Å².